The Morgan fingerprint density at radius 1 is 1.18 bits per heavy atom. The highest BCUT2D eigenvalue weighted by atomic mass is 32.2. The first-order valence-corrected chi connectivity index (χ1v) is 10.1. The summed E-state index contributed by atoms with van der Waals surface area (Å²) in [6, 6.07) is 13.4. The van der Waals surface area contributed by atoms with Gasteiger partial charge in [-0.3, -0.25) is 14.2 Å². The monoisotopic (exact) mass is 399 g/mol. The number of hydrogen-bond donors (Lipinski definition) is 1. The van der Waals surface area contributed by atoms with Gasteiger partial charge in [0.15, 0.2) is 5.16 Å². The van der Waals surface area contributed by atoms with Gasteiger partial charge in [-0.25, -0.2) is 9.37 Å². The number of halogens is 1. The molecule has 0 bridgehead atoms. The van der Waals surface area contributed by atoms with E-state index in [1.165, 1.54) is 23.9 Å². The van der Waals surface area contributed by atoms with Crippen LogP contribution in [0.1, 0.15) is 25.5 Å². The van der Waals surface area contributed by atoms with Crippen LogP contribution in [0.15, 0.2) is 58.5 Å². The number of fused-ring (bicyclic) bond motifs is 1. The molecule has 1 N–H and O–H groups in total. The van der Waals surface area contributed by atoms with Crippen LogP contribution >= 0.6 is 11.8 Å². The molecule has 0 aliphatic carbocycles. The second-order valence-corrected chi connectivity index (χ2v) is 7.64. The third kappa shape index (κ3) is 4.78. The molecule has 0 unspecified atom stereocenters. The van der Waals surface area contributed by atoms with Crippen molar-refractivity contribution < 1.29 is 9.18 Å². The Hall–Kier alpha value is -2.67. The van der Waals surface area contributed by atoms with E-state index in [9.17, 15) is 14.0 Å². The lowest BCUT2D eigenvalue weighted by Gasteiger charge is -2.16. The molecule has 1 aromatic heterocycles. The van der Waals surface area contributed by atoms with Crippen LogP contribution in [-0.2, 0) is 11.2 Å². The molecule has 0 saturated carbocycles. The summed E-state index contributed by atoms with van der Waals surface area (Å²) in [4.78, 5) is 29.5. The molecule has 28 heavy (non-hydrogen) atoms. The van der Waals surface area contributed by atoms with Gasteiger partial charge in [0.05, 0.1) is 16.7 Å². The second-order valence-electron chi connectivity index (χ2n) is 6.70. The lowest BCUT2D eigenvalue weighted by atomic mass is 10.1. The number of carbonyl (C=O) groups is 1. The van der Waals surface area contributed by atoms with E-state index in [0.29, 0.717) is 29.0 Å². The summed E-state index contributed by atoms with van der Waals surface area (Å²) >= 11 is 1.25. The molecule has 1 heterocycles. The summed E-state index contributed by atoms with van der Waals surface area (Å²) in [6.45, 7) is 4.31. The zero-order chi connectivity index (χ0) is 20.1. The van der Waals surface area contributed by atoms with E-state index >= 15 is 0 Å². The van der Waals surface area contributed by atoms with E-state index < -0.39 is 0 Å². The number of carbonyl (C=O) groups excluding carboxylic acids is 1. The van der Waals surface area contributed by atoms with Gasteiger partial charge in [-0.2, -0.15) is 0 Å². The zero-order valence-corrected chi connectivity index (χ0v) is 16.6. The fourth-order valence-electron chi connectivity index (χ4n) is 2.86. The van der Waals surface area contributed by atoms with E-state index in [1.807, 2.05) is 26.0 Å². The Balaban J connectivity index is 1.64. The third-order valence-corrected chi connectivity index (χ3v) is 5.23. The smallest absolute Gasteiger partial charge is 0.262 e. The van der Waals surface area contributed by atoms with Crippen LogP contribution in [0.3, 0.4) is 0 Å². The number of nitrogens with zero attached hydrogens (tertiary/aromatic N) is 2. The molecule has 146 valence electrons. The fourth-order valence-corrected chi connectivity index (χ4v) is 3.82. The number of nitrogens with one attached hydrogen (secondary N) is 1. The van der Waals surface area contributed by atoms with Gasteiger partial charge < -0.3 is 5.32 Å². The lowest BCUT2D eigenvalue weighted by Crippen LogP contribution is -2.29. The summed E-state index contributed by atoms with van der Waals surface area (Å²) in [7, 11) is 0. The van der Waals surface area contributed by atoms with Gasteiger partial charge in [0.1, 0.15) is 5.82 Å². The summed E-state index contributed by atoms with van der Waals surface area (Å²) in [5.74, 6) is -0.242. The minimum Gasteiger partial charge on any atom is -0.355 e. The first kappa shape index (κ1) is 20.1. The molecular weight excluding hydrogens is 377 g/mol. The quantitative estimate of drug-likeness (QED) is 0.487. The molecule has 0 fully saturated rings. The fraction of sp³-hybridized carbons (Fsp3) is 0.286. The largest absolute Gasteiger partial charge is 0.355 e. The maximum absolute atomic E-state index is 12.9. The number of benzene rings is 2. The number of rotatable bonds is 7. The molecular formula is C21H22FN3O2S. The Bertz CT molecular complexity index is 1030. The highest BCUT2D eigenvalue weighted by Gasteiger charge is 2.15. The standard InChI is InChI=1S/C21H22FN3O2S/c1-14(2)25-20(27)17-5-3-4-6-18(17)24-21(25)28-13-19(26)23-12-11-15-7-9-16(22)10-8-15/h3-10,14H,11-13H2,1-2H3,(H,23,26). The minimum atomic E-state index is -0.275. The van der Waals surface area contributed by atoms with Crippen LogP contribution in [0.5, 0.6) is 0 Å². The Morgan fingerprint density at radius 2 is 1.89 bits per heavy atom. The molecule has 2 aromatic carbocycles. The summed E-state index contributed by atoms with van der Waals surface area (Å²) in [5.41, 5.74) is 1.49. The van der Waals surface area contributed by atoms with E-state index in [4.69, 9.17) is 0 Å². The molecule has 0 aliphatic heterocycles. The first-order valence-electron chi connectivity index (χ1n) is 9.11. The van der Waals surface area contributed by atoms with Gasteiger partial charge in [-0.1, -0.05) is 36.0 Å². The van der Waals surface area contributed by atoms with Crippen molar-refractivity contribution in [2.24, 2.45) is 0 Å². The number of aromatic nitrogens is 2. The summed E-state index contributed by atoms with van der Waals surface area (Å²) in [5, 5.41) is 3.96. The van der Waals surface area contributed by atoms with Crippen molar-refractivity contribution >= 4 is 28.6 Å². The molecule has 0 aliphatic rings. The van der Waals surface area contributed by atoms with E-state index in [0.717, 1.165) is 5.56 Å². The van der Waals surface area contributed by atoms with Crippen molar-refractivity contribution in [2.45, 2.75) is 31.5 Å². The SMILES string of the molecule is CC(C)n1c(SCC(=O)NCCc2ccc(F)cc2)nc2ccccc2c1=O. The summed E-state index contributed by atoms with van der Waals surface area (Å²) < 4.78 is 14.5. The third-order valence-electron chi connectivity index (χ3n) is 4.27. The molecule has 0 saturated heterocycles. The lowest BCUT2D eigenvalue weighted by molar-refractivity contribution is -0.118. The molecule has 0 spiro atoms. The zero-order valence-electron chi connectivity index (χ0n) is 15.8. The van der Waals surface area contributed by atoms with Gasteiger partial charge in [0.2, 0.25) is 5.91 Å². The molecule has 3 rings (SSSR count). The molecule has 7 heteroatoms. The highest BCUT2D eigenvalue weighted by molar-refractivity contribution is 7.99. The van der Waals surface area contributed by atoms with E-state index in [2.05, 4.69) is 10.3 Å². The number of para-hydroxylation sites is 1. The van der Waals surface area contributed by atoms with Gasteiger partial charge in [0, 0.05) is 12.6 Å². The van der Waals surface area contributed by atoms with Crippen molar-refractivity contribution in [2.75, 3.05) is 12.3 Å². The van der Waals surface area contributed by atoms with Gasteiger partial charge >= 0.3 is 0 Å². The molecule has 3 aromatic rings. The topological polar surface area (TPSA) is 64.0 Å². The van der Waals surface area contributed by atoms with Gasteiger partial charge in [-0.15, -0.1) is 0 Å². The van der Waals surface area contributed by atoms with Crippen molar-refractivity contribution in [1.82, 2.24) is 14.9 Å². The van der Waals surface area contributed by atoms with E-state index in [-0.39, 0.29) is 29.1 Å². The van der Waals surface area contributed by atoms with Crippen LogP contribution < -0.4 is 10.9 Å². The van der Waals surface area contributed by atoms with Crippen LogP contribution in [0.25, 0.3) is 10.9 Å². The predicted molar refractivity (Wildman–Crippen MR) is 110 cm³/mol. The normalized spacial score (nSPS) is 11.1. The number of hydrogen-bond acceptors (Lipinski definition) is 4. The van der Waals surface area contributed by atoms with Crippen LogP contribution in [0.4, 0.5) is 4.39 Å². The van der Waals surface area contributed by atoms with Crippen LogP contribution in [-0.4, -0.2) is 27.8 Å². The Labute approximate surface area is 167 Å². The van der Waals surface area contributed by atoms with Crippen molar-refractivity contribution in [3.63, 3.8) is 0 Å². The molecule has 1 amide bonds. The van der Waals surface area contributed by atoms with Crippen LogP contribution in [0, 0.1) is 5.82 Å². The number of thioether (sulfide) groups is 1. The van der Waals surface area contributed by atoms with Crippen molar-refractivity contribution in [3.05, 3.63) is 70.3 Å². The van der Waals surface area contributed by atoms with Crippen molar-refractivity contribution in [1.29, 1.82) is 0 Å². The minimum absolute atomic E-state index is 0.0614. The second kappa shape index (κ2) is 9.01. The Kier molecular flexibility index (Phi) is 6.46. The average Bonchev–Trinajstić information content (AvgIpc) is 2.67. The van der Waals surface area contributed by atoms with Gasteiger partial charge in [0.25, 0.3) is 5.56 Å². The number of amides is 1. The van der Waals surface area contributed by atoms with Crippen LogP contribution in [0.2, 0.25) is 0 Å². The van der Waals surface area contributed by atoms with Gasteiger partial charge in [-0.05, 0) is 50.1 Å². The summed E-state index contributed by atoms with van der Waals surface area (Å²) in [6.07, 6.45) is 0.627. The molecule has 0 atom stereocenters. The predicted octanol–water partition coefficient (Wildman–Crippen LogP) is 3.57. The first-order chi connectivity index (χ1) is 13.5. The van der Waals surface area contributed by atoms with Crippen molar-refractivity contribution in [3.8, 4) is 0 Å². The van der Waals surface area contributed by atoms with E-state index in [1.54, 1.807) is 28.8 Å². The highest BCUT2D eigenvalue weighted by Crippen LogP contribution is 2.20. The molecule has 0 radical (unpaired) electrons. The Morgan fingerprint density at radius 3 is 2.61 bits per heavy atom. The maximum Gasteiger partial charge on any atom is 0.262 e. The average molecular weight is 399 g/mol. The maximum atomic E-state index is 12.9. The molecule has 5 nitrogen and oxygen atoms in total.